The Balaban J connectivity index is 1.66. The molecule has 0 spiro atoms. The first-order valence-corrected chi connectivity index (χ1v) is 9.32. The Hall–Kier alpha value is -4.14. The maximum absolute atomic E-state index is 13.6. The predicted octanol–water partition coefficient (Wildman–Crippen LogP) is 3.62. The summed E-state index contributed by atoms with van der Waals surface area (Å²) in [6.45, 7) is 2.87. The van der Waals surface area contributed by atoms with E-state index in [0.29, 0.717) is 22.0 Å². The molecule has 1 aromatic heterocycles. The minimum absolute atomic E-state index is 0.0998. The number of imide groups is 1. The van der Waals surface area contributed by atoms with E-state index in [9.17, 15) is 28.9 Å². The van der Waals surface area contributed by atoms with Gasteiger partial charge in [0.05, 0.1) is 17.0 Å². The molecule has 1 aliphatic heterocycles. The van der Waals surface area contributed by atoms with Crippen LogP contribution in [-0.4, -0.2) is 38.5 Å². The summed E-state index contributed by atoms with van der Waals surface area (Å²) >= 11 is 0. The molecule has 8 nitrogen and oxygen atoms in total. The van der Waals surface area contributed by atoms with Gasteiger partial charge in [0.1, 0.15) is 11.4 Å². The molecule has 0 radical (unpaired) electrons. The van der Waals surface area contributed by atoms with Crippen molar-refractivity contribution in [3.05, 3.63) is 92.5 Å². The van der Waals surface area contributed by atoms with Crippen LogP contribution in [-0.2, 0) is 0 Å². The summed E-state index contributed by atoms with van der Waals surface area (Å²) in [6.07, 6.45) is 0. The van der Waals surface area contributed by atoms with Crippen molar-refractivity contribution in [2.75, 3.05) is 6.54 Å². The Labute approximate surface area is 175 Å². The summed E-state index contributed by atoms with van der Waals surface area (Å²) in [4.78, 5) is 49.6. The zero-order valence-electron chi connectivity index (χ0n) is 16.6. The van der Waals surface area contributed by atoms with Gasteiger partial charge in [0, 0.05) is 28.7 Å². The van der Waals surface area contributed by atoms with E-state index in [1.54, 1.807) is 36.6 Å². The zero-order chi connectivity index (χ0) is 22.4. The van der Waals surface area contributed by atoms with Crippen LogP contribution in [0.3, 0.4) is 0 Å². The molecule has 0 unspecified atom stereocenters. The topological polar surface area (TPSA) is 103 Å². The highest BCUT2D eigenvalue weighted by Crippen LogP contribution is 2.31. The second kappa shape index (κ2) is 7.28. The minimum Gasteiger partial charge on any atom is -0.318 e. The number of nitro benzene ring substituents is 1. The van der Waals surface area contributed by atoms with E-state index in [-0.39, 0.29) is 16.7 Å². The maximum Gasteiger partial charge on any atom is 0.282 e. The molecule has 3 aromatic rings. The first-order chi connectivity index (χ1) is 14.7. The molecule has 31 heavy (non-hydrogen) atoms. The van der Waals surface area contributed by atoms with Crippen LogP contribution >= 0.6 is 0 Å². The largest absolute Gasteiger partial charge is 0.318 e. The SMILES string of the molecule is Cc1cc(C(=O)CN2C(=O)c3cccc([N+](=O)[O-])c3C2=O)c(C)n1-c1cccc(F)c1. The molecule has 0 atom stereocenters. The normalized spacial score (nSPS) is 12.9. The highest BCUT2D eigenvalue weighted by atomic mass is 19.1. The number of aryl methyl sites for hydroxylation is 1. The number of fused-ring (bicyclic) bond motifs is 1. The van der Waals surface area contributed by atoms with E-state index in [1.807, 2.05) is 0 Å². The van der Waals surface area contributed by atoms with E-state index in [2.05, 4.69) is 0 Å². The van der Waals surface area contributed by atoms with Crippen LogP contribution < -0.4 is 0 Å². The summed E-state index contributed by atoms with van der Waals surface area (Å²) in [5, 5.41) is 11.2. The Morgan fingerprint density at radius 1 is 1.06 bits per heavy atom. The summed E-state index contributed by atoms with van der Waals surface area (Å²) in [7, 11) is 0. The van der Waals surface area contributed by atoms with Crippen molar-refractivity contribution in [2.45, 2.75) is 13.8 Å². The number of halogens is 1. The number of hydrogen-bond acceptors (Lipinski definition) is 5. The number of hydrogen-bond donors (Lipinski definition) is 0. The number of amides is 2. The third kappa shape index (κ3) is 3.20. The fourth-order valence-corrected chi connectivity index (χ4v) is 3.90. The van der Waals surface area contributed by atoms with Crippen LogP contribution in [0.5, 0.6) is 0 Å². The number of benzene rings is 2. The molecule has 2 heterocycles. The Kier molecular flexibility index (Phi) is 4.73. The monoisotopic (exact) mass is 421 g/mol. The number of ketones is 1. The summed E-state index contributed by atoms with van der Waals surface area (Å²) in [5.41, 5.74) is 1.11. The molecular weight excluding hydrogens is 405 g/mol. The minimum atomic E-state index is -0.875. The lowest BCUT2D eigenvalue weighted by Gasteiger charge is -2.13. The Bertz CT molecular complexity index is 1290. The van der Waals surface area contributed by atoms with Gasteiger partial charge in [-0.1, -0.05) is 12.1 Å². The number of nitrogens with zero attached hydrogens (tertiary/aromatic N) is 3. The van der Waals surface area contributed by atoms with Gasteiger partial charge in [0.15, 0.2) is 5.78 Å². The number of carbonyl (C=O) groups excluding carboxylic acids is 3. The molecular formula is C22H16FN3O5. The average molecular weight is 421 g/mol. The van der Waals surface area contributed by atoms with Crippen molar-refractivity contribution in [1.29, 1.82) is 0 Å². The van der Waals surface area contributed by atoms with E-state index >= 15 is 0 Å². The summed E-state index contributed by atoms with van der Waals surface area (Å²) in [5.74, 6) is -2.56. The number of carbonyl (C=O) groups is 3. The third-order valence-electron chi connectivity index (χ3n) is 5.27. The molecule has 0 saturated heterocycles. The maximum atomic E-state index is 13.6. The first-order valence-electron chi connectivity index (χ1n) is 9.32. The summed E-state index contributed by atoms with van der Waals surface area (Å²) in [6, 6.07) is 11.3. The molecule has 2 aromatic carbocycles. The van der Waals surface area contributed by atoms with Gasteiger partial charge in [-0.2, -0.15) is 0 Å². The van der Waals surface area contributed by atoms with Crippen LogP contribution in [0.2, 0.25) is 0 Å². The van der Waals surface area contributed by atoms with Gasteiger partial charge in [-0.15, -0.1) is 0 Å². The van der Waals surface area contributed by atoms with Crippen LogP contribution in [0.1, 0.15) is 42.5 Å². The highest BCUT2D eigenvalue weighted by molar-refractivity contribution is 6.24. The molecule has 4 rings (SSSR count). The lowest BCUT2D eigenvalue weighted by Crippen LogP contribution is -2.35. The lowest BCUT2D eigenvalue weighted by molar-refractivity contribution is -0.385. The van der Waals surface area contributed by atoms with Gasteiger partial charge in [-0.3, -0.25) is 29.4 Å². The van der Waals surface area contributed by atoms with Gasteiger partial charge in [0.25, 0.3) is 17.5 Å². The molecule has 0 aliphatic carbocycles. The Morgan fingerprint density at radius 3 is 2.45 bits per heavy atom. The Morgan fingerprint density at radius 2 is 1.77 bits per heavy atom. The third-order valence-corrected chi connectivity index (χ3v) is 5.27. The van der Waals surface area contributed by atoms with Crippen LogP contribution in [0.25, 0.3) is 5.69 Å². The standard InChI is InChI=1S/C22H16FN3O5/c1-12-9-17(13(2)25(12)15-6-3-5-14(23)10-15)19(27)11-24-21(28)16-7-4-8-18(26(30)31)20(16)22(24)29/h3-10H,11H2,1-2H3. The average Bonchev–Trinajstić information content (AvgIpc) is 3.16. The molecule has 1 aliphatic rings. The smallest absolute Gasteiger partial charge is 0.282 e. The molecule has 2 amide bonds. The van der Waals surface area contributed by atoms with Crippen LogP contribution in [0.4, 0.5) is 10.1 Å². The zero-order valence-corrected chi connectivity index (χ0v) is 16.6. The first kappa shape index (κ1) is 20.1. The fraction of sp³-hybridized carbons (Fsp3) is 0.136. The number of aromatic nitrogens is 1. The van der Waals surface area contributed by atoms with Gasteiger partial charge >= 0.3 is 0 Å². The molecule has 0 bridgehead atoms. The van der Waals surface area contributed by atoms with E-state index in [0.717, 1.165) is 6.07 Å². The summed E-state index contributed by atoms with van der Waals surface area (Å²) < 4.78 is 15.3. The van der Waals surface area contributed by atoms with E-state index < -0.39 is 40.6 Å². The van der Waals surface area contributed by atoms with Gasteiger partial charge in [0.2, 0.25) is 0 Å². The second-order valence-corrected chi connectivity index (χ2v) is 7.18. The quantitative estimate of drug-likeness (QED) is 0.271. The number of Topliss-reactive ketones (excluding diaryl/α,β-unsaturated/α-hetero) is 1. The van der Waals surface area contributed by atoms with E-state index in [4.69, 9.17) is 0 Å². The molecule has 0 saturated carbocycles. The molecule has 156 valence electrons. The van der Waals surface area contributed by atoms with Gasteiger partial charge < -0.3 is 4.57 Å². The van der Waals surface area contributed by atoms with Gasteiger partial charge in [-0.25, -0.2) is 4.39 Å². The highest BCUT2D eigenvalue weighted by Gasteiger charge is 2.42. The predicted molar refractivity (Wildman–Crippen MR) is 108 cm³/mol. The second-order valence-electron chi connectivity index (χ2n) is 7.18. The van der Waals surface area contributed by atoms with Crippen molar-refractivity contribution in [2.24, 2.45) is 0 Å². The van der Waals surface area contributed by atoms with E-state index in [1.165, 1.54) is 24.3 Å². The van der Waals surface area contributed by atoms with Crippen molar-refractivity contribution in [3.8, 4) is 5.69 Å². The number of rotatable bonds is 5. The van der Waals surface area contributed by atoms with Crippen molar-refractivity contribution in [3.63, 3.8) is 0 Å². The van der Waals surface area contributed by atoms with Crippen molar-refractivity contribution < 1.29 is 23.7 Å². The molecule has 9 heteroatoms. The lowest BCUT2D eigenvalue weighted by atomic mass is 10.1. The van der Waals surface area contributed by atoms with Crippen molar-refractivity contribution >= 4 is 23.3 Å². The van der Waals surface area contributed by atoms with Crippen molar-refractivity contribution in [1.82, 2.24) is 9.47 Å². The fourth-order valence-electron chi connectivity index (χ4n) is 3.90. The molecule has 0 fully saturated rings. The van der Waals surface area contributed by atoms with Gasteiger partial charge in [-0.05, 0) is 44.2 Å². The molecule has 0 N–H and O–H groups in total. The van der Waals surface area contributed by atoms with Crippen LogP contribution in [0.15, 0.2) is 48.5 Å². The number of nitro groups is 1. The van der Waals surface area contributed by atoms with Crippen LogP contribution in [0, 0.1) is 29.8 Å².